The third-order valence-corrected chi connectivity index (χ3v) is 10.8. The van der Waals surface area contributed by atoms with E-state index in [1.807, 2.05) is 29.0 Å². The van der Waals surface area contributed by atoms with Crippen molar-refractivity contribution in [3.8, 4) is 6.07 Å². The zero-order valence-corrected chi connectivity index (χ0v) is 27.6. The van der Waals surface area contributed by atoms with Crippen molar-refractivity contribution in [3.63, 3.8) is 0 Å². The van der Waals surface area contributed by atoms with Gasteiger partial charge in [-0.15, -0.1) is 11.3 Å². The van der Waals surface area contributed by atoms with Gasteiger partial charge < -0.3 is 14.6 Å². The first-order valence-electron chi connectivity index (χ1n) is 14.2. The van der Waals surface area contributed by atoms with E-state index in [4.69, 9.17) is 10.00 Å². The van der Waals surface area contributed by atoms with E-state index in [0.717, 1.165) is 5.56 Å². The summed E-state index contributed by atoms with van der Waals surface area (Å²) >= 11 is 2.77. The molecule has 0 saturated carbocycles. The van der Waals surface area contributed by atoms with Crippen LogP contribution >= 0.6 is 23.1 Å². The third-order valence-electron chi connectivity index (χ3n) is 7.30. The molecule has 0 unspecified atom stereocenters. The first-order valence-corrected chi connectivity index (χ1v) is 17.9. The Hall–Kier alpha value is -4.64. The first kappa shape index (κ1) is 32.7. The van der Waals surface area contributed by atoms with Gasteiger partial charge in [-0.1, -0.05) is 36.4 Å². The fourth-order valence-electron chi connectivity index (χ4n) is 4.90. The van der Waals surface area contributed by atoms with E-state index in [0.29, 0.717) is 50.6 Å². The SMILES string of the molecule is COC(=O)[C@H](CCSC)NC(=O)c1cc2c(N(Cc3cncn3Cc3ccc(C#N)cc3)S(=O)(=O)c3ccccc3)cccc2s1. The Morgan fingerprint density at radius 3 is 2.57 bits per heavy atom. The quantitative estimate of drug-likeness (QED) is 0.163. The van der Waals surface area contributed by atoms with Crippen LogP contribution in [0.15, 0.2) is 96.3 Å². The number of nitriles is 1. The molecule has 0 bridgehead atoms. The second-order valence-electron chi connectivity index (χ2n) is 10.3. The number of thiophene rings is 1. The summed E-state index contributed by atoms with van der Waals surface area (Å²) in [5.41, 5.74) is 2.51. The molecule has 1 N–H and O–H groups in total. The largest absolute Gasteiger partial charge is 0.467 e. The van der Waals surface area contributed by atoms with Crippen LogP contribution in [0.1, 0.15) is 32.9 Å². The maximum absolute atomic E-state index is 14.3. The fourth-order valence-corrected chi connectivity index (χ4v) is 7.83. The number of anilines is 1. The summed E-state index contributed by atoms with van der Waals surface area (Å²) in [7, 11) is -2.80. The number of sulfonamides is 1. The molecule has 5 rings (SSSR count). The number of methoxy groups -OCH3 is 1. The number of hydrogen-bond acceptors (Lipinski definition) is 9. The maximum atomic E-state index is 14.3. The van der Waals surface area contributed by atoms with E-state index in [2.05, 4.69) is 16.4 Å². The standard InChI is InChI=1S/C33H31N5O5S3/c1-43-33(40)28(15-16-44-2)36-32(39)31-17-27-29(9-6-10-30(27)45-31)38(46(41,42)26-7-4-3-5-8-26)21-25-19-35-22-37(25)20-24-13-11-23(18-34)12-14-24/h3-14,17,19,22,28H,15-16,20-21H2,1-2H3,(H,36,39)/t28-/m0/s1. The molecule has 2 heterocycles. The van der Waals surface area contributed by atoms with E-state index in [9.17, 15) is 18.0 Å². The average molecular weight is 674 g/mol. The molecular formula is C33H31N5O5S3. The highest BCUT2D eigenvalue weighted by molar-refractivity contribution is 7.98. The topological polar surface area (TPSA) is 134 Å². The molecule has 0 fully saturated rings. The predicted octanol–water partition coefficient (Wildman–Crippen LogP) is 5.44. The van der Waals surface area contributed by atoms with Crippen molar-refractivity contribution in [1.29, 1.82) is 5.26 Å². The van der Waals surface area contributed by atoms with E-state index in [1.165, 1.54) is 22.8 Å². The Morgan fingerprint density at radius 2 is 1.87 bits per heavy atom. The van der Waals surface area contributed by atoms with Crippen LogP contribution in [-0.4, -0.2) is 55.0 Å². The number of aromatic nitrogens is 2. The van der Waals surface area contributed by atoms with Crippen molar-refractivity contribution in [2.75, 3.05) is 23.4 Å². The minimum absolute atomic E-state index is 0.0386. The second kappa shape index (κ2) is 14.6. The Kier molecular flexibility index (Phi) is 10.4. The van der Waals surface area contributed by atoms with Gasteiger partial charge in [0.25, 0.3) is 15.9 Å². The van der Waals surface area contributed by atoms with Crippen LogP contribution in [0.5, 0.6) is 0 Å². The number of carbonyl (C=O) groups excluding carboxylic acids is 2. The highest BCUT2D eigenvalue weighted by Crippen LogP contribution is 2.37. The molecule has 236 valence electrons. The summed E-state index contributed by atoms with van der Waals surface area (Å²) in [6.07, 6.45) is 5.60. The van der Waals surface area contributed by atoms with Gasteiger partial charge in [0.15, 0.2) is 0 Å². The van der Waals surface area contributed by atoms with Gasteiger partial charge >= 0.3 is 5.97 Å². The Labute approximate surface area is 275 Å². The number of nitrogens with zero attached hydrogens (tertiary/aromatic N) is 4. The van der Waals surface area contributed by atoms with Crippen molar-refractivity contribution in [1.82, 2.24) is 14.9 Å². The fraction of sp³-hybridized carbons (Fsp3) is 0.212. The average Bonchev–Trinajstić information content (AvgIpc) is 3.72. The summed E-state index contributed by atoms with van der Waals surface area (Å²) in [6.45, 7) is 0.383. The lowest BCUT2D eigenvalue weighted by Gasteiger charge is -2.26. The lowest BCUT2D eigenvalue weighted by molar-refractivity contribution is -0.142. The van der Waals surface area contributed by atoms with Gasteiger partial charge in [0, 0.05) is 22.8 Å². The summed E-state index contributed by atoms with van der Waals surface area (Å²) in [5.74, 6) is -0.312. The van der Waals surface area contributed by atoms with Gasteiger partial charge in [-0.3, -0.25) is 9.10 Å². The molecule has 0 spiro atoms. The van der Waals surface area contributed by atoms with E-state index < -0.39 is 27.9 Å². The number of imidazole rings is 1. The zero-order chi connectivity index (χ0) is 32.7. The molecule has 0 aliphatic heterocycles. The molecule has 2 aromatic heterocycles. The maximum Gasteiger partial charge on any atom is 0.328 e. The highest BCUT2D eigenvalue weighted by atomic mass is 32.2. The van der Waals surface area contributed by atoms with Crippen LogP contribution in [-0.2, 0) is 32.6 Å². The lowest BCUT2D eigenvalue weighted by atomic mass is 10.1. The van der Waals surface area contributed by atoms with E-state index in [-0.39, 0.29) is 11.4 Å². The van der Waals surface area contributed by atoms with Gasteiger partial charge in [0.2, 0.25) is 0 Å². The molecule has 1 amide bonds. The number of esters is 1. The molecule has 10 nitrogen and oxygen atoms in total. The van der Waals surface area contributed by atoms with Crippen LogP contribution in [0.2, 0.25) is 0 Å². The minimum Gasteiger partial charge on any atom is -0.467 e. The highest BCUT2D eigenvalue weighted by Gasteiger charge is 2.29. The first-order chi connectivity index (χ1) is 22.2. The van der Waals surface area contributed by atoms with Crippen molar-refractivity contribution < 1.29 is 22.7 Å². The van der Waals surface area contributed by atoms with Gasteiger partial charge in [-0.25, -0.2) is 18.2 Å². The van der Waals surface area contributed by atoms with Crippen molar-refractivity contribution >= 4 is 60.8 Å². The van der Waals surface area contributed by atoms with Gasteiger partial charge in [-0.2, -0.15) is 17.0 Å². The number of nitrogens with one attached hydrogen (secondary N) is 1. The van der Waals surface area contributed by atoms with E-state index in [1.54, 1.807) is 84.9 Å². The van der Waals surface area contributed by atoms with Gasteiger partial charge in [0.05, 0.1) is 52.8 Å². The van der Waals surface area contributed by atoms with Gasteiger partial charge in [-0.05, 0) is 66.5 Å². The molecule has 3 aromatic carbocycles. The lowest BCUT2D eigenvalue weighted by Crippen LogP contribution is -2.41. The van der Waals surface area contributed by atoms with Crippen molar-refractivity contribution in [3.05, 3.63) is 113 Å². The monoisotopic (exact) mass is 673 g/mol. The summed E-state index contributed by atoms with van der Waals surface area (Å²) < 4.78 is 37.3. The van der Waals surface area contributed by atoms with Crippen LogP contribution in [0.3, 0.4) is 0 Å². The second-order valence-corrected chi connectivity index (χ2v) is 14.2. The number of amides is 1. The molecule has 0 saturated heterocycles. The number of ether oxygens (including phenoxy) is 1. The molecule has 0 radical (unpaired) electrons. The summed E-state index contributed by atoms with van der Waals surface area (Å²) in [4.78, 5) is 30.4. The molecule has 13 heteroatoms. The van der Waals surface area contributed by atoms with Crippen molar-refractivity contribution in [2.45, 2.75) is 30.4 Å². The van der Waals surface area contributed by atoms with Crippen LogP contribution in [0.25, 0.3) is 10.1 Å². The third kappa shape index (κ3) is 7.25. The Morgan fingerprint density at radius 1 is 1.11 bits per heavy atom. The Balaban J connectivity index is 1.53. The normalized spacial score (nSPS) is 11.9. The van der Waals surface area contributed by atoms with E-state index >= 15 is 0 Å². The van der Waals surface area contributed by atoms with Crippen LogP contribution < -0.4 is 9.62 Å². The summed E-state index contributed by atoms with van der Waals surface area (Å²) in [6, 6.07) is 23.6. The molecule has 46 heavy (non-hydrogen) atoms. The number of hydrogen-bond donors (Lipinski definition) is 1. The smallest absolute Gasteiger partial charge is 0.328 e. The molecule has 5 aromatic rings. The number of fused-ring (bicyclic) bond motifs is 1. The number of carbonyl (C=O) groups is 2. The molecule has 0 aliphatic rings. The predicted molar refractivity (Wildman–Crippen MR) is 180 cm³/mol. The minimum atomic E-state index is -4.08. The molecular weight excluding hydrogens is 643 g/mol. The molecule has 1 atom stereocenters. The zero-order valence-electron chi connectivity index (χ0n) is 25.1. The van der Waals surface area contributed by atoms with Gasteiger partial charge in [0.1, 0.15) is 6.04 Å². The molecule has 0 aliphatic carbocycles. The number of thioether (sulfide) groups is 1. The number of benzene rings is 3. The van der Waals surface area contributed by atoms with Crippen LogP contribution in [0.4, 0.5) is 5.69 Å². The number of rotatable bonds is 13. The summed E-state index contributed by atoms with van der Waals surface area (Å²) in [5, 5.41) is 12.5. The van der Waals surface area contributed by atoms with Crippen LogP contribution in [0, 0.1) is 11.3 Å². The Bertz CT molecular complexity index is 1980. The van der Waals surface area contributed by atoms with Crippen molar-refractivity contribution in [2.24, 2.45) is 0 Å².